The molecule has 0 saturated heterocycles. The summed E-state index contributed by atoms with van der Waals surface area (Å²) >= 11 is 0. The number of aromatic hydroxyl groups is 2. The van der Waals surface area contributed by atoms with Crippen molar-refractivity contribution < 1.29 is 10.2 Å². The number of hydrogen-bond acceptors (Lipinski definition) is 2. The van der Waals surface area contributed by atoms with Crippen molar-refractivity contribution in [1.29, 1.82) is 0 Å². The summed E-state index contributed by atoms with van der Waals surface area (Å²) in [5.74, 6) is -0.155. The smallest absolute Gasteiger partial charge is 0.165 e. The summed E-state index contributed by atoms with van der Waals surface area (Å²) < 4.78 is 0. The number of rotatable bonds is 1. The third kappa shape index (κ3) is 1.68. The molecule has 0 atom stereocenters. The van der Waals surface area contributed by atoms with Crippen LogP contribution in [0, 0.1) is 0 Å². The molecule has 2 nitrogen and oxygen atoms in total. The molecule has 0 spiro atoms. The van der Waals surface area contributed by atoms with Crippen molar-refractivity contribution in [2.75, 3.05) is 0 Å². The van der Waals surface area contributed by atoms with E-state index in [1.807, 2.05) is 48.5 Å². The molecule has 0 saturated carbocycles. The summed E-state index contributed by atoms with van der Waals surface area (Å²) in [6, 6.07) is 19.1. The molecule has 2 N–H and O–H groups in total. The molecule has 3 rings (SSSR count). The molecule has 0 radical (unpaired) electrons. The summed E-state index contributed by atoms with van der Waals surface area (Å²) in [4.78, 5) is 0. The second-order valence-electron chi connectivity index (χ2n) is 4.24. The zero-order chi connectivity index (χ0) is 12.5. The van der Waals surface area contributed by atoms with Gasteiger partial charge >= 0.3 is 0 Å². The topological polar surface area (TPSA) is 40.5 Å². The van der Waals surface area contributed by atoms with Crippen LogP contribution in [0.15, 0.2) is 60.7 Å². The van der Waals surface area contributed by atoms with E-state index in [-0.39, 0.29) is 11.5 Å². The maximum Gasteiger partial charge on any atom is 0.165 e. The van der Waals surface area contributed by atoms with Crippen molar-refractivity contribution in [3.63, 3.8) is 0 Å². The fraction of sp³-hybridized carbons (Fsp3) is 0. The van der Waals surface area contributed by atoms with Crippen LogP contribution >= 0.6 is 0 Å². The minimum absolute atomic E-state index is 0.0646. The van der Waals surface area contributed by atoms with Crippen molar-refractivity contribution in [2.24, 2.45) is 0 Å². The summed E-state index contributed by atoms with van der Waals surface area (Å²) in [5, 5.41) is 21.0. The third-order valence-corrected chi connectivity index (χ3v) is 3.08. The number of fused-ring (bicyclic) bond motifs is 1. The van der Waals surface area contributed by atoms with Gasteiger partial charge in [-0.2, -0.15) is 0 Å². The molecule has 0 fully saturated rings. The van der Waals surface area contributed by atoms with E-state index >= 15 is 0 Å². The second-order valence-corrected chi connectivity index (χ2v) is 4.24. The summed E-state index contributed by atoms with van der Waals surface area (Å²) in [6.45, 7) is 0. The first kappa shape index (κ1) is 10.7. The normalized spacial score (nSPS) is 10.7. The van der Waals surface area contributed by atoms with E-state index in [1.165, 1.54) is 6.07 Å². The van der Waals surface area contributed by atoms with E-state index in [0.717, 1.165) is 16.5 Å². The molecule has 0 amide bonds. The molecular formula is C16H12O2. The van der Waals surface area contributed by atoms with Crippen LogP contribution in [-0.2, 0) is 0 Å². The first-order chi connectivity index (χ1) is 8.75. The van der Waals surface area contributed by atoms with Gasteiger partial charge in [-0.25, -0.2) is 0 Å². The summed E-state index contributed by atoms with van der Waals surface area (Å²) in [6.07, 6.45) is 0. The highest BCUT2D eigenvalue weighted by Crippen LogP contribution is 2.35. The minimum atomic E-state index is -0.0901. The zero-order valence-electron chi connectivity index (χ0n) is 9.67. The Morgan fingerprint density at radius 3 is 2.17 bits per heavy atom. The fourth-order valence-electron chi connectivity index (χ4n) is 2.10. The Kier molecular flexibility index (Phi) is 2.41. The van der Waals surface area contributed by atoms with Crippen LogP contribution in [0.1, 0.15) is 0 Å². The largest absolute Gasteiger partial charge is 0.504 e. The lowest BCUT2D eigenvalue weighted by atomic mass is 10.0. The quantitative estimate of drug-likeness (QED) is 0.629. The van der Waals surface area contributed by atoms with Gasteiger partial charge in [-0.15, -0.1) is 0 Å². The van der Waals surface area contributed by atoms with E-state index < -0.39 is 0 Å². The van der Waals surface area contributed by atoms with Crippen LogP contribution in [0.25, 0.3) is 21.9 Å². The van der Waals surface area contributed by atoms with Crippen molar-refractivity contribution >= 4 is 10.8 Å². The first-order valence-electron chi connectivity index (χ1n) is 5.76. The second kappa shape index (κ2) is 4.08. The highest BCUT2D eigenvalue weighted by molar-refractivity contribution is 5.93. The molecular weight excluding hydrogens is 224 g/mol. The standard InChI is InChI=1S/C16H12O2/c17-15-9-8-12-6-7-13(10-14(12)16(15)18)11-4-2-1-3-5-11/h1-10,17-18H. The predicted molar refractivity (Wildman–Crippen MR) is 72.7 cm³/mol. The fourth-order valence-corrected chi connectivity index (χ4v) is 2.10. The summed E-state index contributed by atoms with van der Waals surface area (Å²) in [5.41, 5.74) is 2.10. The monoisotopic (exact) mass is 236 g/mol. The van der Waals surface area contributed by atoms with E-state index in [4.69, 9.17) is 0 Å². The molecule has 0 bridgehead atoms. The highest BCUT2D eigenvalue weighted by atomic mass is 16.3. The lowest BCUT2D eigenvalue weighted by Gasteiger charge is -2.06. The van der Waals surface area contributed by atoms with E-state index in [2.05, 4.69) is 0 Å². The van der Waals surface area contributed by atoms with Crippen LogP contribution in [0.4, 0.5) is 0 Å². The highest BCUT2D eigenvalue weighted by Gasteiger charge is 2.06. The number of benzene rings is 3. The molecule has 0 aromatic heterocycles. The van der Waals surface area contributed by atoms with Gasteiger partial charge in [-0.05, 0) is 28.6 Å². The average molecular weight is 236 g/mol. The zero-order valence-corrected chi connectivity index (χ0v) is 9.67. The Hall–Kier alpha value is -2.48. The predicted octanol–water partition coefficient (Wildman–Crippen LogP) is 3.92. The van der Waals surface area contributed by atoms with Crippen molar-refractivity contribution in [1.82, 2.24) is 0 Å². The average Bonchev–Trinajstić information content (AvgIpc) is 2.44. The van der Waals surface area contributed by atoms with Crippen molar-refractivity contribution in [3.05, 3.63) is 60.7 Å². The van der Waals surface area contributed by atoms with E-state index in [9.17, 15) is 10.2 Å². The van der Waals surface area contributed by atoms with Gasteiger partial charge in [0.15, 0.2) is 11.5 Å². The van der Waals surface area contributed by atoms with Gasteiger partial charge < -0.3 is 10.2 Å². The Bertz CT molecular complexity index is 703. The van der Waals surface area contributed by atoms with Crippen LogP contribution in [0.2, 0.25) is 0 Å². The number of phenolic OH excluding ortho intramolecular Hbond substituents is 2. The van der Waals surface area contributed by atoms with Crippen LogP contribution < -0.4 is 0 Å². The maximum atomic E-state index is 9.88. The number of hydrogen-bond donors (Lipinski definition) is 2. The molecule has 0 aliphatic carbocycles. The van der Waals surface area contributed by atoms with Gasteiger partial charge in [0.25, 0.3) is 0 Å². The maximum absolute atomic E-state index is 9.88. The third-order valence-electron chi connectivity index (χ3n) is 3.08. The van der Waals surface area contributed by atoms with Crippen LogP contribution in [0.5, 0.6) is 11.5 Å². The van der Waals surface area contributed by atoms with Gasteiger partial charge in [0.2, 0.25) is 0 Å². The number of phenols is 2. The summed E-state index contributed by atoms with van der Waals surface area (Å²) in [7, 11) is 0. The van der Waals surface area contributed by atoms with E-state index in [0.29, 0.717) is 5.39 Å². The molecule has 88 valence electrons. The molecule has 0 unspecified atom stereocenters. The van der Waals surface area contributed by atoms with E-state index in [1.54, 1.807) is 6.07 Å². The molecule has 0 aliphatic heterocycles. The minimum Gasteiger partial charge on any atom is -0.504 e. The molecule has 3 aromatic rings. The van der Waals surface area contributed by atoms with Crippen LogP contribution in [0.3, 0.4) is 0 Å². The first-order valence-corrected chi connectivity index (χ1v) is 5.76. The SMILES string of the molecule is Oc1ccc2ccc(-c3ccccc3)cc2c1O. The molecule has 2 heteroatoms. The molecule has 18 heavy (non-hydrogen) atoms. The van der Waals surface area contributed by atoms with Gasteiger partial charge in [0.05, 0.1) is 0 Å². The van der Waals surface area contributed by atoms with Crippen molar-refractivity contribution in [3.8, 4) is 22.6 Å². The Morgan fingerprint density at radius 2 is 1.39 bits per heavy atom. The van der Waals surface area contributed by atoms with Crippen molar-refractivity contribution in [2.45, 2.75) is 0 Å². The van der Waals surface area contributed by atoms with Gasteiger partial charge in [-0.3, -0.25) is 0 Å². The lowest BCUT2D eigenvalue weighted by molar-refractivity contribution is 0.408. The molecule has 0 aliphatic rings. The van der Waals surface area contributed by atoms with Gasteiger partial charge in [0, 0.05) is 5.39 Å². The molecule has 3 aromatic carbocycles. The Morgan fingerprint density at radius 1 is 0.667 bits per heavy atom. The van der Waals surface area contributed by atoms with Crippen LogP contribution in [-0.4, -0.2) is 10.2 Å². The Balaban J connectivity index is 2.25. The molecule has 0 heterocycles. The Labute approximate surface area is 105 Å². The van der Waals surface area contributed by atoms with Gasteiger partial charge in [0.1, 0.15) is 0 Å². The van der Waals surface area contributed by atoms with Gasteiger partial charge in [-0.1, -0.05) is 48.5 Å². The lowest BCUT2D eigenvalue weighted by Crippen LogP contribution is -1.80.